The molecule has 1 aliphatic heterocycles. The molecule has 0 radical (unpaired) electrons. The number of anilines is 1. The van der Waals surface area contributed by atoms with Crippen molar-refractivity contribution in [2.24, 2.45) is 0 Å². The Morgan fingerprint density at radius 2 is 1.86 bits per heavy atom. The van der Waals surface area contributed by atoms with Gasteiger partial charge in [-0.05, 0) is 19.2 Å². The number of rotatable bonds is 1. The molecular weight excluding hydrogens is 176 g/mol. The number of nitrogens with zero attached hydrogens (tertiary/aromatic N) is 2. The topological polar surface area (TPSA) is 23.6 Å². The number of benzene rings is 1. The van der Waals surface area contributed by atoms with E-state index in [1.807, 2.05) is 47.2 Å². The number of amides is 1. The second-order valence-electron chi connectivity index (χ2n) is 3.62. The largest absolute Gasteiger partial charge is 0.310 e. The third kappa shape index (κ3) is 1.77. The standard InChI is InChI=1S/C11H14N2O/c1-12-7-8-13(11(14)9-12)10-5-3-2-4-6-10/h2-6H,7-9H2,1H3. The number of para-hydroxylation sites is 1. The molecule has 3 heteroatoms. The number of piperazine rings is 1. The highest BCUT2D eigenvalue weighted by Gasteiger charge is 2.22. The molecule has 0 saturated carbocycles. The van der Waals surface area contributed by atoms with E-state index in [4.69, 9.17) is 0 Å². The normalized spacial score (nSPS) is 18.6. The second-order valence-corrected chi connectivity index (χ2v) is 3.62. The monoisotopic (exact) mass is 190 g/mol. The van der Waals surface area contributed by atoms with Crippen LogP contribution in [-0.4, -0.2) is 37.5 Å². The van der Waals surface area contributed by atoms with Crippen molar-refractivity contribution in [3.8, 4) is 0 Å². The van der Waals surface area contributed by atoms with Crippen LogP contribution in [0.4, 0.5) is 5.69 Å². The molecule has 1 heterocycles. The molecule has 0 spiro atoms. The average Bonchev–Trinajstić information content (AvgIpc) is 2.19. The van der Waals surface area contributed by atoms with Crippen LogP contribution in [0.1, 0.15) is 0 Å². The summed E-state index contributed by atoms with van der Waals surface area (Å²) in [7, 11) is 1.97. The van der Waals surface area contributed by atoms with Crippen LogP contribution in [0.5, 0.6) is 0 Å². The van der Waals surface area contributed by atoms with Crippen molar-refractivity contribution < 1.29 is 4.79 Å². The maximum atomic E-state index is 11.7. The molecule has 14 heavy (non-hydrogen) atoms. The number of likely N-dealkylation sites (N-methyl/N-ethyl adjacent to an activating group) is 1. The van der Waals surface area contributed by atoms with E-state index in [0.717, 1.165) is 18.8 Å². The van der Waals surface area contributed by atoms with Gasteiger partial charge in [0, 0.05) is 18.8 Å². The van der Waals surface area contributed by atoms with Crippen molar-refractivity contribution >= 4 is 11.6 Å². The molecular formula is C11H14N2O. The first kappa shape index (κ1) is 9.21. The lowest BCUT2D eigenvalue weighted by Gasteiger charge is -2.32. The molecule has 1 saturated heterocycles. The van der Waals surface area contributed by atoms with Gasteiger partial charge in [-0.15, -0.1) is 0 Å². The van der Waals surface area contributed by atoms with E-state index in [1.54, 1.807) is 0 Å². The number of hydrogen-bond donors (Lipinski definition) is 0. The van der Waals surface area contributed by atoms with Gasteiger partial charge in [-0.25, -0.2) is 0 Å². The van der Waals surface area contributed by atoms with Crippen LogP contribution in [-0.2, 0) is 4.79 Å². The molecule has 0 N–H and O–H groups in total. The quantitative estimate of drug-likeness (QED) is 0.658. The Kier molecular flexibility index (Phi) is 2.50. The predicted molar refractivity (Wildman–Crippen MR) is 56.3 cm³/mol. The van der Waals surface area contributed by atoms with Crippen LogP contribution in [0.25, 0.3) is 0 Å². The van der Waals surface area contributed by atoms with E-state index in [2.05, 4.69) is 0 Å². The molecule has 0 unspecified atom stereocenters. The van der Waals surface area contributed by atoms with E-state index in [9.17, 15) is 4.79 Å². The van der Waals surface area contributed by atoms with Gasteiger partial charge in [-0.3, -0.25) is 9.69 Å². The van der Waals surface area contributed by atoms with E-state index in [1.165, 1.54) is 0 Å². The molecule has 0 atom stereocenters. The van der Waals surface area contributed by atoms with Crippen molar-refractivity contribution in [2.75, 3.05) is 31.6 Å². The van der Waals surface area contributed by atoms with Crippen molar-refractivity contribution in [2.45, 2.75) is 0 Å². The summed E-state index contributed by atoms with van der Waals surface area (Å²) in [5.41, 5.74) is 1.01. The summed E-state index contributed by atoms with van der Waals surface area (Å²) in [6.45, 7) is 2.26. The van der Waals surface area contributed by atoms with Crippen LogP contribution in [0.15, 0.2) is 30.3 Å². The highest BCUT2D eigenvalue weighted by Crippen LogP contribution is 2.15. The first-order valence-corrected chi connectivity index (χ1v) is 4.81. The van der Waals surface area contributed by atoms with Crippen LogP contribution in [0.2, 0.25) is 0 Å². The molecule has 1 amide bonds. The van der Waals surface area contributed by atoms with Gasteiger partial charge in [0.1, 0.15) is 0 Å². The zero-order valence-electron chi connectivity index (χ0n) is 8.31. The summed E-state index contributed by atoms with van der Waals surface area (Å²) in [4.78, 5) is 15.6. The first-order valence-electron chi connectivity index (χ1n) is 4.81. The maximum Gasteiger partial charge on any atom is 0.241 e. The molecule has 1 aliphatic rings. The number of carbonyl (C=O) groups is 1. The summed E-state index contributed by atoms with van der Waals surface area (Å²) in [5, 5.41) is 0. The average molecular weight is 190 g/mol. The van der Waals surface area contributed by atoms with Crippen molar-refractivity contribution in [3.05, 3.63) is 30.3 Å². The number of hydrogen-bond acceptors (Lipinski definition) is 2. The third-order valence-corrected chi connectivity index (χ3v) is 2.48. The Hall–Kier alpha value is -1.35. The highest BCUT2D eigenvalue weighted by molar-refractivity contribution is 5.95. The minimum absolute atomic E-state index is 0.185. The van der Waals surface area contributed by atoms with E-state index in [-0.39, 0.29) is 5.91 Å². The zero-order chi connectivity index (χ0) is 9.97. The summed E-state index contributed by atoms with van der Waals surface area (Å²) in [6, 6.07) is 9.83. The molecule has 74 valence electrons. The Morgan fingerprint density at radius 3 is 2.50 bits per heavy atom. The van der Waals surface area contributed by atoms with Crippen molar-refractivity contribution in [1.82, 2.24) is 4.90 Å². The lowest BCUT2D eigenvalue weighted by atomic mass is 10.2. The van der Waals surface area contributed by atoms with Gasteiger partial charge in [-0.2, -0.15) is 0 Å². The molecule has 1 fully saturated rings. The molecule has 0 aromatic heterocycles. The molecule has 2 rings (SSSR count). The van der Waals surface area contributed by atoms with Crippen LogP contribution >= 0.6 is 0 Å². The Bertz CT molecular complexity index is 323. The SMILES string of the molecule is CN1CCN(c2ccccc2)C(=O)C1. The number of carbonyl (C=O) groups excluding carboxylic acids is 1. The molecule has 3 nitrogen and oxygen atoms in total. The second kappa shape index (κ2) is 3.80. The summed E-state index contributed by atoms with van der Waals surface area (Å²) in [6.07, 6.45) is 0. The lowest BCUT2D eigenvalue weighted by Crippen LogP contribution is -2.48. The summed E-state index contributed by atoms with van der Waals surface area (Å²) in [5.74, 6) is 0.185. The fourth-order valence-corrected chi connectivity index (χ4v) is 1.67. The van der Waals surface area contributed by atoms with Gasteiger partial charge in [0.05, 0.1) is 6.54 Å². The van der Waals surface area contributed by atoms with E-state index in [0.29, 0.717) is 6.54 Å². The summed E-state index contributed by atoms with van der Waals surface area (Å²) < 4.78 is 0. The fourth-order valence-electron chi connectivity index (χ4n) is 1.67. The Balaban J connectivity index is 2.16. The predicted octanol–water partition coefficient (Wildman–Crippen LogP) is 0.965. The van der Waals surface area contributed by atoms with Crippen molar-refractivity contribution in [3.63, 3.8) is 0 Å². The Morgan fingerprint density at radius 1 is 1.14 bits per heavy atom. The third-order valence-electron chi connectivity index (χ3n) is 2.48. The van der Waals surface area contributed by atoms with E-state index < -0.39 is 0 Å². The Labute approximate surface area is 83.9 Å². The molecule has 1 aromatic carbocycles. The first-order chi connectivity index (χ1) is 6.77. The van der Waals surface area contributed by atoms with Crippen molar-refractivity contribution in [1.29, 1.82) is 0 Å². The zero-order valence-corrected chi connectivity index (χ0v) is 8.31. The highest BCUT2D eigenvalue weighted by atomic mass is 16.2. The minimum Gasteiger partial charge on any atom is -0.310 e. The lowest BCUT2D eigenvalue weighted by molar-refractivity contribution is -0.120. The molecule has 0 aliphatic carbocycles. The van der Waals surface area contributed by atoms with Gasteiger partial charge in [0.25, 0.3) is 0 Å². The summed E-state index contributed by atoms with van der Waals surface area (Å²) >= 11 is 0. The van der Waals surface area contributed by atoms with Gasteiger partial charge in [0.2, 0.25) is 5.91 Å². The molecule has 0 bridgehead atoms. The van der Waals surface area contributed by atoms with Gasteiger partial charge >= 0.3 is 0 Å². The van der Waals surface area contributed by atoms with Gasteiger partial charge in [-0.1, -0.05) is 18.2 Å². The van der Waals surface area contributed by atoms with Gasteiger partial charge in [0.15, 0.2) is 0 Å². The van der Waals surface area contributed by atoms with Crippen LogP contribution in [0.3, 0.4) is 0 Å². The molecule has 1 aromatic rings. The van der Waals surface area contributed by atoms with Gasteiger partial charge < -0.3 is 4.90 Å². The fraction of sp³-hybridized carbons (Fsp3) is 0.364. The van der Waals surface area contributed by atoms with Crippen LogP contribution in [0, 0.1) is 0 Å². The minimum atomic E-state index is 0.185. The van der Waals surface area contributed by atoms with E-state index >= 15 is 0 Å². The van der Waals surface area contributed by atoms with Crippen LogP contribution < -0.4 is 4.90 Å². The maximum absolute atomic E-state index is 11.7. The smallest absolute Gasteiger partial charge is 0.241 e.